The molecule has 1 aromatic rings. The molecule has 0 saturated carbocycles. The van der Waals surface area contributed by atoms with Gasteiger partial charge in [-0.25, -0.2) is 0 Å². The molecule has 0 heterocycles. The van der Waals surface area contributed by atoms with Gasteiger partial charge in [0, 0.05) is 17.8 Å². The van der Waals surface area contributed by atoms with E-state index in [9.17, 15) is 0 Å². The van der Waals surface area contributed by atoms with Crippen LogP contribution in [0.4, 0.5) is 5.69 Å². The number of anilines is 1. The highest BCUT2D eigenvalue weighted by molar-refractivity contribution is 5.52. The molecule has 0 aliphatic rings. The van der Waals surface area contributed by atoms with Crippen molar-refractivity contribution in [2.24, 2.45) is 5.73 Å². The second kappa shape index (κ2) is 4.14. The average Bonchev–Trinajstić information content (AvgIpc) is 2.04. The summed E-state index contributed by atoms with van der Waals surface area (Å²) < 4.78 is 5.30. The van der Waals surface area contributed by atoms with Gasteiger partial charge in [-0.2, -0.15) is 0 Å². The van der Waals surface area contributed by atoms with E-state index >= 15 is 0 Å². The number of benzene rings is 1. The SMILES string of the molecule is CCOc1ccc([C@H](C)N)c(N)c1. The Kier molecular flexibility index (Phi) is 3.14. The maximum absolute atomic E-state index is 5.79. The average molecular weight is 180 g/mol. The smallest absolute Gasteiger partial charge is 0.121 e. The van der Waals surface area contributed by atoms with Gasteiger partial charge in [-0.1, -0.05) is 6.07 Å². The molecule has 3 heteroatoms. The van der Waals surface area contributed by atoms with E-state index in [0.29, 0.717) is 12.3 Å². The van der Waals surface area contributed by atoms with Crippen LogP contribution < -0.4 is 16.2 Å². The highest BCUT2D eigenvalue weighted by Gasteiger charge is 2.04. The predicted octanol–water partition coefficient (Wildman–Crippen LogP) is 1.69. The minimum atomic E-state index is -0.0318. The van der Waals surface area contributed by atoms with Crippen LogP contribution in [0, 0.1) is 0 Å². The van der Waals surface area contributed by atoms with Gasteiger partial charge in [0.15, 0.2) is 0 Å². The molecule has 0 spiro atoms. The van der Waals surface area contributed by atoms with E-state index in [1.807, 2.05) is 32.0 Å². The van der Waals surface area contributed by atoms with Crippen molar-refractivity contribution in [3.63, 3.8) is 0 Å². The van der Waals surface area contributed by atoms with E-state index in [4.69, 9.17) is 16.2 Å². The minimum absolute atomic E-state index is 0.0318. The van der Waals surface area contributed by atoms with E-state index in [1.165, 1.54) is 0 Å². The summed E-state index contributed by atoms with van der Waals surface area (Å²) in [4.78, 5) is 0. The number of nitrogen functional groups attached to an aromatic ring is 1. The predicted molar refractivity (Wildman–Crippen MR) is 54.6 cm³/mol. The van der Waals surface area contributed by atoms with Crippen molar-refractivity contribution in [1.82, 2.24) is 0 Å². The van der Waals surface area contributed by atoms with Gasteiger partial charge in [-0.3, -0.25) is 0 Å². The maximum atomic E-state index is 5.79. The lowest BCUT2D eigenvalue weighted by molar-refractivity contribution is 0.340. The summed E-state index contributed by atoms with van der Waals surface area (Å²) in [7, 11) is 0. The van der Waals surface area contributed by atoms with Crippen LogP contribution >= 0.6 is 0 Å². The van der Waals surface area contributed by atoms with Gasteiger partial charge in [0.25, 0.3) is 0 Å². The fraction of sp³-hybridized carbons (Fsp3) is 0.400. The molecular formula is C10H16N2O. The molecule has 0 bridgehead atoms. The summed E-state index contributed by atoms with van der Waals surface area (Å²) in [6.07, 6.45) is 0. The lowest BCUT2D eigenvalue weighted by atomic mass is 10.1. The number of ether oxygens (including phenoxy) is 1. The molecule has 0 aliphatic carbocycles. The van der Waals surface area contributed by atoms with E-state index in [-0.39, 0.29) is 6.04 Å². The van der Waals surface area contributed by atoms with Gasteiger partial charge in [-0.05, 0) is 25.5 Å². The molecule has 72 valence electrons. The maximum Gasteiger partial charge on any atom is 0.121 e. The number of rotatable bonds is 3. The minimum Gasteiger partial charge on any atom is -0.494 e. The van der Waals surface area contributed by atoms with Crippen molar-refractivity contribution >= 4 is 5.69 Å². The Bertz CT molecular complexity index is 284. The highest BCUT2D eigenvalue weighted by atomic mass is 16.5. The number of hydrogen-bond donors (Lipinski definition) is 2. The van der Waals surface area contributed by atoms with E-state index < -0.39 is 0 Å². The summed E-state index contributed by atoms with van der Waals surface area (Å²) in [5.74, 6) is 0.796. The molecule has 1 aromatic carbocycles. The van der Waals surface area contributed by atoms with Gasteiger partial charge < -0.3 is 16.2 Å². The molecule has 0 aliphatic heterocycles. The summed E-state index contributed by atoms with van der Waals surface area (Å²) in [6, 6.07) is 5.57. The molecule has 1 rings (SSSR count). The van der Waals surface area contributed by atoms with E-state index in [0.717, 1.165) is 11.3 Å². The van der Waals surface area contributed by atoms with Crippen LogP contribution in [0.25, 0.3) is 0 Å². The van der Waals surface area contributed by atoms with Crippen LogP contribution in [0.15, 0.2) is 18.2 Å². The summed E-state index contributed by atoms with van der Waals surface area (Å²) in [5, 5.41) is 0. The lowest BCUT2D eigenvalue weighted by Gasteiger charge is -2.11. The Hall–Kier alpha value is -1.22. The van der Waals surface area contributed by atoms with Crippen molar-refractivity contribution in [3.8, 4) is 5.75 Å². The van der Waals surface area contributed by atoms with Crippen LogP contribution in [-0.4, -0.2) is 6.61 Å². The third-order valence-corrected chi connectivity index (χ3v) is 1.86. The molecule has 3 nitrogen and oxygen atoms in total. The first-order valence-electron chi connectivity index (χ1n) is 4.43. The van der Waals surface area contributed by atoms with Crippen molar-refractivity contribution in [1.29, 1.82) is 0 Å². The molecule has 0 amide bonds. The van der Waals surface area contributed by atoms with Crippen LogP contribution in [0.5, 0.6) is 5.75 Å². The molecule has 4 N–H and O–H groups in total. The first kappa shape index (κ1) is 9.86. The molecule has 0 saturated heterocycles. The Morgan fingerprint density at radius 2 is 2.15 bits per heavy atom. The molecule has 0 radical (unpaired) electrons. The first-order chi connectivity index (χ1) is 6.15. The van der Waals surface area contributed by atoms with Crippen molar-refractivity contribution in [2.45, 2.75) is 19.9 Å². The number of nitrogens with two attached hydrogens (primary N) is 2. The zero-order chi connectivity index (χ0) is 9.84. The monoisotopic (exact) mass is 180 g/mol. The van der Waals surface area contributed by atoms with Crippen molar-refractivity contribution in [3.05, 3.63) is 23.8 Å². The summed E-state index contributed by atoms with van der Waals surface area (Å²) in [6.45, 7) is 4.50. The summed E-state index contributed by atoms with van der Waals surface area (Å²) in [5.41, 5.74) is 13.2. The van der Waals surface area contributed by atoms with Crippen LogP contribution in [0.2, 0.25) is 0 Å². The second-order valence-electron chi connectivity index (χ2n) is 3.01. The molecule has 1 atom stereocenters. The van der Waals surface area contributed by atoms with Crippen LogP contribution in [-0.2, 0) is 0 Å². The van der Waals surface area contributed by atoms with Crippen LogP contribution in [0.1, 0.15) is 25.5 Å². The van der Waals surface area contributed by atoms with Crippen molar-refractivity contribution < 1.29 is 4.74 Å². The summed E-state index contributed by atoms with van der Waals surface area (Å²) >= 11 is 0. The Morgan fingerprint density at radius 1 is 1.46 bits per heavy atom. The normalized spacial score (nSPS) is 12.5. The fourth-order valence-corrected chi connectivity index (χ4v) is 1.22. The van der Waals surface area contributed by atoms with Gasteiger partial charge in [0.2, 0.25) is 0 Å². The third-order valence-electron chi connectivity index (χ3n) is 1.86. The quantitative estimate of drug-likeness (QED) is 0.696. The molecule has 13 heavy (non-hydrogen) atoms. The Balaban J connectivity index is 2.92. The third kappa shape index (κ3) is 2.36. The Labute approximate surface area is 78.7 Å². The second-order valence-corrected chi connectivity index (χ2v) is 3.01. The van der Waals surface area contributed by atoms with Gasteiger partial charge in [-0.15, -0.1) is 0 Å². The van der Waals surface area contributed by atoms with Gasteiger partial charge in [0.1, 0.15) is 5.75 Å². The van der Waals surface area contributed by atoms with E-state index in [2.05, 4.69) is 0 Å². The standard InChI is InChI=1S/C10H16N2O/c1-3-13-8-4-5-9(7(2)11)10(12)6-8/h4-7H,3,11-12H2,1-2H3/t7-/m0/s1. The van der Waals surface area contributed by atoms with Crippen molar-refractivity contribution in [2.75, 3.05) is 12.3 Å². The Morgan fingerprint density at radius 3 is 2.62 bits per heavy atom. The fourth-order valence-electron chi connectivity index (χ4n) is 1.22. The highest BCUT2D eigenvalue weighted by Crippen LogP contribution is 2.23. The largest absolute Gasteiger partial charge is 0.494 e. The molecule has 0 unspecified atom stereocenters. The molecule has 0 aromatic heterocycles. The van der Waals surface area contributed by atoms with E-state index in [1.54, 1.807) is 0 Å². The number of hydrogen-bond acceptors (Lipinski definition) is 3. The topological polar surface area (TPSA) is 61.3 Å². The molecular weight excluding hydrogens is 164 g/mol. The molecule has 0 fully saturated rings. The lowest BCUT2D eigenvalue weighted by Crippen LogP contribution is -2.08. The van der Waals surface area contributed by atoms with Gasteiger partial charge >= 0.3 is 0 Å². The van der Waals surface area contributed by atoms with Crippen LogP contribution in [0.3, 0.4) is 0 Å². The first-order valence-corrected chi connectivity index (χ1v) is 4.43. The zero-order valence-corrected chi connectivity index (χ0v) is 8.08. The zero-order valence-electron chi connectivity index (χ0n) is 8.08. The van der Waals surface area contributed by atoms with Gasteiger partial charge in [0.05, 0.1) is 6.61 Å².